The zero-order chi connectivity index (χ0) is 25.5. The van der Waals surface area contributed by atoms with Crippen LogP contribution in [-0.2, 0) is 16.0 Å². The van der Waals surface area contributed by atoms with Crippen molar-refractivity contribution < 1.29 is 23.7 Å². The number of carbonyl (C=O) groups is 1. The molecule has 0 aliphatic carbocycles. The summed E-state index contributed by atoms with van der Waals surface area (Å²) in [6, 6.07) is 8.74. The number of aromatic nitrogens is 2. The molecule has 0 unspecified atom stereocenters. The van der Waals surface area contributed by atoms with Gasteiger partial charge in [-0.05, 0) is 50.6 Å². The van der Waals surface area contributed by atoms with Crippen LogP contribution < -0.4 is 19.8 Å². The second-order valence-electron chi connectivity index (χ2n) is 7.57. The first-order chi connectivity index (χ1) is 16.8. The monoisotopic (exact) mass is 545 g/mol. The van der Waals surface area contributed by atoms with Crippen molar-refractivity contribution in [2.24, 2.45) is 5.10 Å². The largest absolute Gasteiger partial charge is 0.493 e. The van der Waals surface area contributed by atoms with Gasteiger partial charge in [-0.3, -0.25) is 4.79 Å². The van der Waals surface area contributed by atoms with E-state index in [1.54, 1.807) is 38.1 Å². The summed E-state index contributed by atoms with van der Waals surface area (Å²) >= 11 is 3.41. The topological polar surface area (TPSA) is 101 Å². The van der Waals surface area contributed by atoms with E-state index < -0.39 is 12.1 Å². The van der Waals surface area contributed by atoms with Gasteiger partial charge in [-0.2, -0.15) is 9.78 Å². The Balaban J connectivity index is 2.04. The fraction of sp³-hybridized carbons (Fsp3) is 0.360. The zero-order valence-corrected chi connectivity index (χ0v) is 21.9. The maximum atomic E-state index is 13.2. The van der Waals surface area contributed by atoms with E-state index in [9.17, 15) is 9.59 Å². The first-order valence-electron chi connectivity index (χ1n) is 11.2. The molecule has 0 aliphatic heterocycles. The van der Waals surface area contributed by atoms with Gasteiger partial charge in [0, 0.05) is 16.5 Å². The Labute approximate surface area is 211 Å². The number of fused-ring (bicyclic) bond motifs is 1. The van der Waals surface area contributed by atoms with Crippen LogP contribution in [0.25, 0.3) is 10.9 Å². The summed E-state index contributed by atoms with van der Waals surface area (Å²) in [7, 11) is 2.96. The molecule has 0 amide bonds. The Kier molecular flexibility index (Phi) is 8.86. The van der Waals surface area contributed by atoms with Gasteiger partial charge in [-0.15, -0.1) is 0 Å². The average molecular weight is 546 g/mol. The summed E-state index contributed by atoms with van der Waals surface area (Å²) in [5.41, 5.74) is 0.949. The minimum atomic E-state index is -0.865. The number of aryl methyl sites for hydroxylation is 1. The molecule has 3 rings (SSSR count). The first kappa shape index (κ1) is 26.2. The molecule has 9 nitrogen and oxygen atoms in total. The number of carbonyl (C=O) groups excluding carboxylic acids is 1. The number of halogens is 1. The lowest BCUT2D eigenvalue weighted by molar-refractivity contribution is -0.150. The molecule has 1 aromatic heterocycles. The molecule has 0 saturated carbocycles. The van der Waals surface area contributed by atoms with Crippen molar-refractivity contribution in [3.05, 3.63) is 56.5 Å². The van der Waals surface area contributed by atoms with Crippen LogP contribution in [0.1, 0.15) is 38.6 Å². The molecule has 0 radical (unpaired) electrons. The molecule has 0 aliphatic rings. The molecule has 0 N–H and O–H groups in total. The number of hydrogen-bond donors (Lipinski definition) is 0. The predicted octanol–water partition coefficient (Wildman–Crippen LogP) is 4.34. The highest BCUT2D eigenvalue weighted by Gasteiger charge is 2.22. The predicted molar refractivity (Wildman–Crippen MR) is 137 cm³/mol. The second-order valence-corrected chi connectivity index (χ2v) is 8.48. The minimum Gasteiger partial charge on any atom is -0.493 e. The number of nitrogens with zero attached hydrogens (tertiary/aromatic N) is 3. The minimum absolute atomic E-state index is 0.246. The Morgan fingerprint density at radius 2 is 1.86 bits per heavy atom. The number of esters is 1. The van der Waals surface area contributed by atoms with Gasteiger partial charge in [0.25, 0.3) is 5.56 Å². The van der Waals surface area contributed by atoms with Crippen molar-refractivity contribution in [2.45, 2.75) is 39.7 Å². The highest BCUT2D eigenvalue weighted by molar-refractivity contribution is 9.10. The highest BCUT2D eigenvalue weighted by atomic mass is 79.9. The third-order valence-corrected chi connectivity index (χ3v) is 5.56. The summed E-state index contributed by atoms with van der Waals surface area (Å²) in [4.78, 5) is 29.9. The molecular weight excluding hydrogens is 518 g/mol. The Morgan fingerprint density at radius 1 is 1.17 bits per heavy atom. The normalized spacial score (nSPS) is 12.1. The first-order valence-corrected chi connectivity index (χ1v) is 12.0. The van der Waals surface area contributed by atoms with Crippen LogP contribution in [0.15, 0.2) is 44.7 Å². The molecule has 186 valence electrons. The van der Waals surface area contributed by atoms with Crippen LogP contribution in [0, 0.1) is 0 Å². The summed E-state index contributed by atoms with van der Waals surface area (Å²) in [5.74, 6) is 0.993. The zero-order valence-electron chi connectivity index (χ0n) is 20.3. The standard InChI is InChI=1S/C25H28BrN3O6/c1-6-8-22-28-19-10-9-17(26)13-18(19)24(30)29(22)27-14-16-11-20(32-4)23(21(12-16)33-5)35-15(3)25(31)34-7-2/h9-15H,6-8H2,1-5H3/t15-/m1/s1. The molecule has 2 aromatic carbocycles. The second kappa shape index (κ2) is 11.8. The van der Waals surface area contributed by atoms with Crippen LogP contribution in [-0.4, -0.2) is 48.8 Å². The molecule has 0 spiro atoms. The van der Waals surface area contributed by atoms with Gasteiger partial charge in [-0.1, -0.05) is 22.9 Å². The van der Waals surface area contributed by atoms with E-state index in [2.05, 4.69) is 26.0 Å². The average Bonchev–Trinajstić information content (AvgIpc) is 2.85. The molecular formula is C25H28BrN3O6. The van der Waals surface area contributed by atoms with Gasteiger partial charge in [0.2, 0.25) is 5.75 Å². The summed E-state index contributed by atoms with van der Waals surface area (Å²) in [6.45, 7) is 5.56. The van der Waals surface area contributed by atoms with Crippen LogP contribution in [0.4, 0.5) is 0 Å². The molecule has 35 heavy (non-hydrogen) atoms. The summed E-state index contributed by atoms with van der Waals surface area (Å²) < 4.78 is 23.8. The van der Waals surface area contributed by atoms with Crippen molar-refractivity contribution in [1.29, 1.82) is 0 Å². The van der Waals surface area contributed by atoms with Crippen molar-refractivity contribution in [1.82, 2.24) is 9.66 Å². The van der Waals surface area contributed by atoms with E-state index in [0.717, 1.165) is 10.9 Å². The number of rotatable bonds is 10. The smallest absolute Gasteiger partial charge is 0.347 e. The van der Waals surface area contributed by atoms with Crippen molar-refractivity contribution >= 4 is 39.0 Å². The molecule has 1 atom stereocenters. The van der Waals surface area contributed by atoms with Gasteiger partial charge in [0.1, 0.15) is 5.82 Å². The van der Waals surface area contributed by atoms with Gasteiger partial charge in [-0.25, -0.2) is 9.78 Å². The molecule has 0 fully saturated rings. The van der Waals surface area contributed by atoms with E-state index in [1.165, 1.54) is 25.1 Å². The Morgan fingerprint density at radius 3 is 2.46 bits per heavy atom. The molecule has 0 saturated heterocycles. The maximum absolute atomic E-state index is 13.2. The van der Waals surface area contributed by atoms with Crippen LogP contribution in [0.5, 0.6) is 17.2 Å². The van der Waals surface area contributed by atoms with Gasteiger partial charge < -0.3 is 18.9 Å². The molecule has 1 heterocycles. The third kappa shape index (κ3) is 6.00. The van der Waals surface area contributed by atoms with Gasteiger partial charge in [0.15, 0.2) is 17.6 Å². The molecule has 10 heteroatoms. The van der Waals surface area contributed by atoms with Gasteiger partial charge >= 0.3 is 5.97 Å². The SMILES string of the molecule is CCCc1nc2ccc(Br)cc2c(=O)n1N=Cc1cc(OC)c(O[C@H](C)C(=O)OCC)c(OC)c1. The van der Waals surface area contributed by atoms with Crippen molar-refractivity contribution in [3.8, 4) is 17.2 Å². The van der Waals surface area contributed by atoms with Crippen LogP contribution in [0.3, 0.4) is 0 Å². The number of ether oxygens (including phenoxy) is 4. The summed E-state index contributed by atoms with van der Waals surface area (Å²) in [5, 5.41) is 4.91. The molecule has 0 bridgehead atoms. The number of hydrogen-bond acceptors (Lipinski definition) is 8. The van der Waals surface area contributed by atoms with Crippen LogP contribution in [0.2, 0.25) is 0 Å². The Hall–Kier alpha value is -3.40. The van der Waals surface area contributed by atoms with E-state index in [4.69, 9.17) is 18.9 Å². The van der Waals surface area contributed by atoms with E-state index in [-0.39, 0.29) is 17.9 Å². The van der Waals surface area contributed by atoms with Crippen molar-refractivity contribution in [3.63, 3.8) is 0 Å². The third-order valence-electron chi connectivity index (χ3n) is 5.07. The highest BCUT2D eigenvalue weighted by Crippen LogP contribution is 2.39. The number of methoxy groups -OCH3 is 2. The summed E-state index contributed by atoms with van der Waals surface area (Å²) in [6.07, 6.45) is 2.05. The molecule has 3 aromatic rings. The number of benzene rings is 2. The maximum Gasteiger partial charge on any atom is 0.347 e. The quantitative estimate of drug-likeness (QED) is 0.276. The lowest BCUT2D eigenvalue weighted by Crippen LogP contribution is -2.26. The van der Waals surface area contributed by atoms with E-state index in [1.807, 2.05) is 13.0 Å². The van der Waals surface area contributed by atoms with Crippen molar-refractivity contribution in [2.75, 3.05) is 20.8 Å². The van der Waals surface area contributed by atoms with E-state index >= 15 is 0 Å². The fourth-order valence-electron chi connectivity index (χ4n) is 3.40. The fourth-order valence-corrected chi connectivity index (χ4v) is 3.76. The lowest BCUT2D eigenvalue weighted by atomic mass is 10.2. The lowest BCUT2D eigenvalue weighted by Gasteiger charge is -2.18. The van der Waals surface area contributed by atoms with Crippen LogP contribution >= 0.6 is 15.9 Å². The van der Waals surface area contributed by atoms with E-state index in [0.29, 0.717) is 40.2 Å². The Bertz CT molecular complexity index is 1280. The van der Waals surface area contributed by atoms with Gasteiger partial charge in [0.05, 0.1) is 37.9 Å².